The number of hydrogen-bond donors (Lipinski definition) is 3. The number of carbonyl (C=O) groups is 2. The monoisotopic (exact) mass is 535 g/mol. The van der Waals surface area contributed by atoms with Crippen molar-refractivity contribution >= 4 is 39.0 Å². The number of amides is 2. The van der Waals surface area contributed by atoms with Crippen molar-refractivity contribution in [3.05, 3.63) is 83.4 Å². The van der Waals surface area contributed by atoms with Gasteiger partial charge in [0.2, 0.25) is 5.88 Å². The SMILES string of the molecule is COc1nn(C)cc1C(=O)Nc1ccc(C(=O)Nc2ccc(S(=O)(=O)Nc3cc(C)nc(C)n3)cc2)cc1. The number of nitrogens with zero attached hydrogens (tertiary/aromatic N) is 4. The van der Waals surface area contributed by atoms with Crippen molar-refractivity contribution in [2.45, 2.75) is 18.7 Å². The zero-order chi connectivity index (χ0) is 27.4. The van der Waals surface area contributed by atoms with Gasteiger partial charge in [-0.25, -0.2) is 18.4 Å². The van der Waals surface area contributed by atoms with Crippen LogP contribution in [-0.4, -0.2) is 47.1 Å². The molecule has 0 bridgehead atoms. The lowest BCUT2D eigenvalue weighted by atomic mass is 10.2. The number of aryl methyl sites for hydroxylation is 3. The molecule has 0 unspecified atom stereocenters. The quantitative estimate of drug-likeness (QED) is 0.311. The lowest BCUT2D eigenvalue weighted by Crippen LogP contribution is -2.15. The standard InChI is InChI=1S/C25H25N7O5S/c1-15-13-22(27-16(2)26-15)31-38(35,36)20-11-9-19(10-12-20)28-23(33)17-5-7-18(8-6-17)29-24(34)21-14-32(3)30-25(21)37-4/h5-14H,1-4H3,(H,28,33)(H,29,34)(H,26,27,31). The van der Waals surface area contributed by atoms with E-state index in [-0.39, 0.29) is 22.2 Å². The van der Waals surface area contributed by atoms with Crippen LogP contribution < -0.4 is 20.1 Å². The Bertz CT molecular complexity index is 1580. The Morgan fingerprint density at radius 1 is 0.895 bits per heavy atom. The van der Waals surface area contributed by atoms with Crippen molar-refractivity contribution < 1.29 is 22.7 Å². The lowest BCUT2D eigenvalue weighted by Gasteiger charge is -2.10. The molecule has 0 atom stereocenters. The van der Waals surface area contributed by atoms with Gasteiger partial charge in [-0.3, -0.25) is 19.0 Å². The van der Waals surface area contributed by atoms with E-state index >= 15 is 0 Å². The Hall–Kier alpha value is -4.78. The second kappa shape index (κ2) is 10.7. The molecule has 0 fully saturated rings. The number of sulfonamides is 1. The summed E-state index contributed by atoms with van der Waals surface area (Å²) in [7, 11) is -0.776. The molecule has 2 aromatic heterocycles. The average molecular weight is 536 g/mol. The topological polar surface area (TPSA) is 157 Å². The van der Waals surface area contributed by atoms with Crippen LogP contribution in [0.25, 0.3) is 0 Å². The van der Waals surface area contributed by atoms with E-state index in [4.69, 9.17) is 4.74 Å². The van der Waals surface area contributed by atoms with Crippen molar-refractivity contribution in [3.8, 4) is 5.88 Å². The van der Waals surface area contributed by atoms with Gasteiger partial charge in [-0.15, -0.1) is 5.10 Å². The number of ether oxygens (including phenoxy) is 1. The van der Waals surface area contributed by atoms with Gasteiger partial charge in [0, 0.05) is 41.9 Å². The van der Waals surface area contributed by atoms with Gasteiger partial charge in [0.05, 0.1) is 12.0 Å². The van der Waals surface area contributed by atoms with Crippen LogP contribution >= 0.6 is 0 Å². The van der Waals surface area contributed by atoms with E-state index in [9.17, 15) is 18.0 Å². The van der Waals surface area contributed by atoms with Gasteiger partial charge < -0.3 is 15.4 Å². The number of nitrogens with one attached hydrogen (secondary N) is 3. The Kier molecular flexibility index (Phi) is 7.39. The minimum Gasteiger partial charge on any atom is -0.479 e. The fourth-order valence-corrected chi connectivity index (χ4v) is 4.56. The molecule has 3 N–H and O–H groups in total. The molecule has 13 heteroatoms. The minimum absolute atomic E-state index is 0.00904. The summed E-state index contributed by atoms with van der Waals surface area (Å²) in [5.74, 6) is 0.0189. The molecule has 2 amide bonds. The van der Waals surface area contributed by atoms with Crippen LogP contribution in [0.3, 0.4) is 0 Å². The molecular weight excluding hydrogens is 510 g/mol. The van der Waals surface area contributed by atoms with Crippen LogP contribution in [0.1, 0.15) is 32.2 Å². The Morgan fingerprint density at radius 3 is 2.11 bits per heavy atom. The molecule has 4 rings (SSSR count). The number of carbonyl (C=O) groups excluding carboxylic acids is 2. The first kappa shape index (κ1) is 26.3. The molecule has 2 heterocycles. The van der Waals surface area contributed by atoms with Gasteiger partial charge in [0.1, 0.15) is 17.2 Å². The third kappa shape index (κ3) is 6.13. The molecule has 0 saturated carbocycles. The molecule has 0 aliphatic heterocycles. The molecule has 2 aromatic carbocycles. The third-order valence-corrected chi connectivity index (χ3v) is 6.64. The van der Waals surface area contributed by atoms with Crippen molar-refractivity contribution in [1.82, 2.24) is 19.7 Å². The smallest absolute Gasteiger partial charge is 0.263 e. The first-order valence-corrected chi connectivity index (χ1v) is 12.8. The summed E-state index contributed by atoms with van der Waals surface area (Å²) in [5, 5.41) is 9.50. The molecule has 0 spiro atoms. The summed E-state index contributed by atoms with van der Waals surface area (Å²) in [5.41, 5.74) is 2.14. The predicted molar refractivity (Wildman–Crippen MR) is 141 cm³/mol. The van der Waals surface area contributed by atoms with Crippen LogP contribution in [0.2, 0.25) is 0 Å². The number of hydrogen-bond acceptors (Lipinski definition) is 8. The maximum atomic E-state index is 12.7. The van der Waals surface area contributed by atoms with Crippen molar-refractivity contribution in [2.24, 2.45) is 7.05 Å². The van der Waals surface area contributed by atoms with Crippen molar-refractivity contribution in [1.29, 1.82) is 0 Å². The van der Waals surface area contributed by atoms with E-state index in [2.05, 4.69) is 30.4 Å². The predicted octanol–water partition coefficient (Wildman–Crippen LogP) is 3.14. The number of anilines is 3. The largest absolute Gasteiger partial charge is 0.479 e. The van der Waals surface area contributed by atoms with Gasteiger partial charge >= 0.3 is 0 Å². The fraction of sp³-hybridized carbons (Fsp3) is 0.160. The molecule has 12 nitrogen and oxygen atoms in total. The summed E-state index contributed by atoms with van der Waals surface area (Å²) in [4.78, 5) is 33.4. The summed E-state index contributed by atoms with van der Waals surface area (Å²) in [6.45, 7) is 3.42. The van der Waals surface area contributed by atoms with Gasteiger partial charge in [0.25, 0.3) is 21.8 Å². The van der Waals surface area contributed by atoms with E-state index in [1.165, 1.54) is 42.1 Å². The minimum atomic E-state index is -3.88. The molecule has 4 aromatic rings. The molecular formula is C25H25N7O5S. The highest BCUT2D eigenvalue weighted by molar-refractivity contribution is 7.92. The van der Waals surface area contributed by atoms with Crippen LogP contribution in [0.5, 0.6) is 5.88 Å². The fourth-order valence-electron chi connectivity index (χ4n) is 3.56. The number of rotatable bonds is 8. The summed E-state index contributed by atoms with van der Waals surface area (Å²) in [6.07, 6.45) is 1.54. The van der Waals surface area contributed by atoms with Gasteiger partial charge in [-0.1, -0.05) is 0 Å². The number of benzene rings is 2. The molecule has 0 aliphatic carbocycles. The molecule has 0 radical (unpaired) electrons. The normalized spacial score (nSPS) is 11.1. The first-order chi connectivity index (χ1) is 18.0. The highest BCUT2D eigenvalue weighted by Gasteiger charge is 2.18. The van der Waals surface area contributed by atoms with Gasteiger partial charge in [0.15, 0.2) is 0 Å². The van der Waals surface area contributed by atoms with Gasteiger partial charge in [-0.05, 0) is 62.4 Å². The zero-order valence-electron chi connectivity index (χ0n) is 21.0. The zero-order valence-corrected chi connectivity index (χ0v) is 21.8. The highest BCUT2D eigenvalue weighted by Crippen LogP contribution is 2.20. The van der Waals surface area contributed by atoms with E-state index in [0.717, 1.165) is 0 Å². The van der Waals surface area contributed by atoms with Crippen LogP contribution in [0, 0.1) is 13.8 Å². The summed E-state index contributed by atoms with van der Waals surface area (Å²) >= 11 is 0. The average Bonchev–Trinajstić information content (AvgIpc) is 3.25. The van der Waals surface area contributed by atoms with Crippen LogP contribution in [0.4, 0.5) is 17.2 Å². The van der Waals surface area contributed by atoms with E-state index in [1.807, 2.05) is 0 Å². The van der Waals surface area contributed by atoms with E-state index in [0.29, 0.717) is 28.5 Å². The van der Waals surface area contributed by atoms with Crippen molar-refractivity contribution in [3.63, 3.8) is 0 Å². The molecule has 0 saturated heterocycles. The second-order valence-corrected chi connectivity index (χ2v) is 9.97. The Labute approximate surface area is 219 Å². The highest BCUT2D eigenvalue weighted by atomic mass is 32.2. The Morgan fingerprint density at radius 2 is 1.50 bits per heavy atom. The molecule has 196 valence electrons. The van der Waals surface area contributed by atoms with E-state index in [1.54, 1.807) is 51.4 Å². The third-order valence-electron chi connectivity index (χ3n) is 5.27. The first-order valence-electron chi connectivity index (χ1n) is 11.3. The summed E-state index contributed by atoms with van der Waals surface area (Å²) < 4.78 is 34.4. The molecule has 38 heavy (non-hydrogen) atoms. The lowest BCUT2D eigenvalue weighted by molar-refractivity contribution is 0.101. The van der Waals surface area contributed by atoms with Crippen molar-refractivity contribution in [2.75, 3.05) is 22.5 Å². The maximum Gasteiger partial charge on any atom is 0.263 e. The second-order valence-electron chi connectivity index (χ2n) is 8.28. The van der Waals surface area contributed by atoms with Gasteiger partial charge in [-0.2, -0.15) is 0 Å². The molecule has 0 aliphatic rings. The van der Waals surface area contributed by atoms with Crippen LogP contribution in [0.15, 0.2) is 65.7 Å². The number of aromatic nitrogens is 4. The number of methoxy groups -OCH3 is 1. The van der Waals surface area contributed by atoms with E-state index < -0.39 is 21.8 Å². The summed E-state index contributed by atoms with van der Waals surface area (Å²) in [6, 6.07) is 13.6. The Balaban J connectivity index is 1.38. The van der Waals surface area contributed by atoms with Crippen LogP contribution in [-0.2, 0) is 17.1 Å². The maximum absolute atomic E-state index is 12.7.